The van der Waals surface area contributed by atoms with E-state index in [-0.39, 0.29) is 11.8 Å². The highest BCUT2D eigenvalue weighted by Crippen LogP contribution is 2.28. The van der Waals surface area contributed by atoms with Gasteiger partial charge in [0.05, 0.1) is 12.3 Å². The summed E-state index contributed by atoms with van der Waals surface area (Å²) in [6.07, 6.45) is 0. The topological polar surface area (TPSA) is 50.4 Å². The first kappa shape index (κ1) is 15.0. The Kier molecular flexibility index (Phi) is 6.15. The molecule has 0 aromatic heterocycles. The van der Waals surface area contributed by atoms with Gasteiger partial charge in [0.1, 0.15) is 5.75 Å². The van der Waals surface area contributed by atoms with E-state index < -0.39 is 0 Å². The average molecular weight is 315 g/mol. The fraction of sp³-hybridized carbons (Fsp3) is 0.462. The number of benzene rings is 1. The zero-order valence-electron chi connectivity index (χ0n) is 10.9. The highest BCUT2D eigenvalue weighted by Gasteiger charge is 2.14. The minimum atomic E-state index is -0.0897. The van der Waals surface area contributed by atoms with Crippen LogP contribution in [0.2, 0.25) is 0 Å². The van der Waals surface area contributed by atoms with Crippen LogP contribution in [0.5, 0.6) is 5.75 Å². The minimum Gasteiger partial charge on any atom is -0.492 e. The summed E-state index contributed by atoms with van der Waals surface area (Å²) in [7, 11) is 1.83. The van der Waals surface area contributed by atoms with Crippen LogP contribution in [0.4, 0.5) is 5.69 Å². The van der Waals surface area contributed by atoms with Crippen molar-refractivity contribution in [2.24, 2.45) is 5.92 Å². The van der Waals surface area contributed by atoms with Crippen molar-refractivity contribution in [3.8, 4) is 5.75 Å². The standard InChI is InChI=1S/C13H19BrN2O2/c1-4-18-12-7-10(14)5-6-11(12)16-13(17)9(2)8-15-3/h5-7,9,15H,4,8H2,1-3H3,(H,16,17). The largest absolute Gasteiger partial charge is 0.492 e. The van der Waals surface area contributed by atoms with Gasteiger partial charge in [0.2, 0.25) is 5.91 Å². The molecule has 0 saturated heterocycles. The molecule has 1 atom stereocenters. The van der Waals surface area contributed by atoms with Crippen molar-refractivity contribution >= 4 is 27.5 Å². The van der Waals surface area contributed by atoms with Gasteiger partial charge in [-0.2, -0.15) is 0 Å². The maximum Gasteiger partial charge on any atom is 0.228 e. The van der Waals surface area contributed by atoms with E-state index in [0.717, 1.165) is 4.47 Å². The number of nitrogens with one attached hydrogen (secondary N) is 2. The molecule has 18 heavy (non-hydrogen) atoms. The highest BCUT2D eigenvalue weighted by molar-refractivity contribution is 9.10. The Morgan fingerprint density at radius 3 is 2.83 bits per heavy atom. The van der Waals surface area contributed by atoms with Crippen LogP contribution in [0, 0.1) is 5.92 Å². The second-order valence-electron chi connectivity index (χ2n) is 4.02. The molecule has 0 fully saturated rings. The van der Waals surface area contributed by atoms with Gasteiger partial charge in [-0.3, -0.25) is 4.79 Å². The number of anilines is 1. The van der Waals surface area contributed by atoms with Crippen LogP contribution in [0.25, 0.3) is 0 Å². The third kappa shape index (κ3) is 4.31. The van der Waals surface area contributed by atoms with Crippen LogP contribution in [-0.2, 0) is 4.79 Å². The monoisotopic (exact) mass is 314 g/mol. The molecule has 0 bridgehead atoms. The van der Waals surface area contributed by atoms with Crippen LogP contribution in [0.1, 0.15) is 13.8 Å². The van der Waals surface area contributed by atoms with Crippen molar-refractivity contribution in [1.82, 2.24) is 5.32 Å². The number of rotatable bonds is 6. The van der Waals surface area contributed by atoms with E-state index in [2.05, 4.69) is 26.6 Å². The second-order valence-corrected chi connectivity index (χ2v) is 4.94. The number of carbonyl (C=O) groups excluding carboxylic acids is 1. The summed E-state index contributed by atoms with van der Waals surface area (Å²) in [5.74, 6) is 0.567. The number of hydrogen-bond donors (Lipinski definition) is 2. The lowest BCUT2D eigenvalue weighted by Crippen LogP contribution is -2.28. The van der Waals surface area contributed by atoms with Crippen LogP contribution in [-0.4, -0.2) is 26.1 Å². The van der Waals surface area contributed by atoms with E-state index in [1.807, 2.05) is 39.1 Å². The molecule has 0 spiro atoms. The molecule has 4 nitrogen and oxygen atoms in total. The van der Waals surface area contributed by atoms with Gasteiger partial charge >= 0.3 is 0 Å². The van der Waals surface area contributed by atoms with Crippen LogP contribution >= 0.6 is 15.9 Å². The summed E-state index contributed by atoms with van der Waals surface area (Å²) < 4.78 is 6.42. The molecule has 0 saturated carbocycles. The number of hydrogen-bond acceptors (Lipinski definition) is 3. The summed E-state index contributed by atoms with van der Waals surface area (Å²) in [6, 6.07) is 5.56. The SMILES string of the molecule is CCOc1cc(Br)ccc1NC(=O)C(C)CNC. The van der Waals surface area contributed by atoms with E-state index in [1.54, 1.807) is 0 Å². The maximum absolute atomic E-state index is 11.9. The molecule has 0 aliphatic carbocycles. The predicted octanol–water partition coefficient (Wildman–Crippen LogP) is 2.64. The third-order valence-corrected chi connectivity index (χ3v) is 2.95. The Morgan fingerprint density at radius 2 is 2.22 bits per heavy atom. The summed E-state index contributed by atoms with van der Waals surface area (Å²) in [4.78, 5) is 11.9. The molecular formula is C13H19BrN2O2. The van der Waals surface area contributed by atoms with E-state index in [1.165, 1.54) is 0 Å². The summed E-state index contributed by atoms with van der Waals surface area (Å²) in [5, 5.41) is 5.87. The Balaban J connectivity index is 2.80. The lowest BCUT2D eigenvalue weighted by Gasteiger charge is -2.15. The number of halogens is 1. The Hall–Kier alpha value is -1.07. The van der Waals surface area contributed by atoms with Crippen molar-refractivity contribution in [2.45, 2.75) is 13.8 Å². The first-order valence-corrected chi connectivity index (χ1v) is 6.75. The Bertz CT molecular complexity index is 410. The van der Waals surface area contributed by atoms with Gasteiger partial charge in [0.15, 0.2) is 0 Å². The minimum absolute atomic E-state index is 0.0207. The lowest BCUT2D eigenvalue weighted by molar-refractivity contribution is -0.119. The first-order valence-electron chi connectivity index (χ1n) is 5.96. The average Bonchev–Trinajstić information content (AvgIpc) is 2.33. The van der Waals surface area contributed by atoms with Gasteiger partial charge in [-0.05, 0) is 32.2 Å². The molecule has 1 aromatic carbocycles. The van der Waals surface area contributed by atoms with Gasteiger partial charge in [-0.1, -0.05) is 22.9 Å². The molecule has 1 rings (SSSR count). The molecule has 100 valence electrons. The molecule has 1 unspecified atom stereocenters. The van der Waals surface area contributed by atoms with Crippen molar-refractivity contribution in [3.63, 3.8) is 0 Å². The molecule has 5 heteroatoms. The second kappa shape index (κ2) is 7.38. The normalized spacial score (nSPS) is 12.0. The van der Waals surface area contributed by atoms with E-state index in [4.69, 9.17) is 4.74 Å². The quantitative estimate of drug-likeness (QED) is 0.848. The molecule has 0 heterocycles. The van der Waals surface area contributed by atoms with Gasteiger partial charge in [0.25, 0.3) is 0 Å². The number of carbonyl (C=O) groups is 1. The van der Waals surface area contributed by atoms with Gasteiger partial charge < -0.3 is 15.4 Å². The molecule has 1 amide bonds. The molecule has 0 aliphatic heterocycles. The fourth-order valence-corrected chi connectivity index (χ4v) is 1.87. The number of amides is 1. The maximum atomic E-state index is 11.9. The van der Waals surface area contributed by atoms with Crippen molar-refractivity contribution in [1.29, 1.82) is 0 Å². The van der Waals surface area contributed by atoms with Gasteiger partial charge in [-0.25, -0.2) is 0 Å². The zero-order chi connectivity index (χ0) is 13.5. The summed E-state index contributed by atoms with van der Waals surface area (Å²) >= 11 is 3.38. The molecular weight excluding hydrogens is 296 g/mol. The predicted molar refractivity (Wildman–Crippen MR) is 77.0 cm³/mol. The zero-order valence-corrected chi connectivity index (χ0v) is 12.5. The lowest BCUT2D eigenvalue weighted by atomic mass is 10.1. The van der Waals surface area contributed by atoms with E-state index >= 15 is 0 Å². The van der Waals surface area contributed by atoms with Crippen molar-refractivity contribution in [3.05, 3.63) is 22.7 Å². The molecule has 1 aromatic rings. The van der Waals surface area contributed by atoms with Gasteiger partial charge in [-0.15, -0.1) is 0 Å². The number of ether oxygens (including phenoxy) is 1. The van der Waals surface area contributed by atoms with Gasteiger partial charge in [0, 0.05) is 16.9 Å². The molecule has 0 aliphatic rings. The van der Waals surface area contributed by atoms with Crippen molar-refractivity contribution in [2.75, 3.05) is 25.5 Å². The highest BCUT2D eigenvalue weighted by atomic mass is 79.9. The van der Waals surface area contributed by atoms with Crippen LogP contribution in [0.3, 0.4) is 0 Å². The smallest absolute Gasteiger partial charge is 0.228 e. The third-order valence-electron chi connectivity index (χ3n) is 2.46. The Morgan fingerprint density at radius 1 is 1.50 bits per heavy atom. The van der Waals surface area contributed by atoms with Crippen LogP contribution in [0.15, 0.2) is 22.7 Å². The first-order chi connectivity index (χ1) is 8.58. The fourth-order valence-electron chi connectivity index (χ4n) is 1.53. The van der Waals surface area contributed by atoms with Crippen LogP contribution < -0.4 is 15.4 Å². The molecule has 0 radical (unpaired) electrons. The summed E-state index contributed by atoms with van der Waals surface area (Å²) in [6.45, 7) is 5.00. The molecule has 2 N–H and O–H groups in total. The van der Waals surface area contributed by atoms with E-state index in [0.29, 0.717) is 24.6 Å². The summed E-state index contributed by atoms with van der Waals surface area (Å²) in [5.41, 5.74) is 0.702. The van der Waals surface area contributed by atoms with E-state index in [9.17, 15) is 4.79 Å². The van der Waals surface area contributed by atoms with Crippen molar-refractivity contribution < 1.29 is 9.53 Å². The Labute approximate surface area is 116 Å².